The van der Waals surface area contributed by atoms with Crippen LogP contribution in [0.4, 0.5) is 0 Å². The Hall–Kier alpha value is -0.930. The number of rotatable bonds is 2. The molecular weight excluding hydrogens is 214 g/mol. The molecule has 1 heterocycles. The van der Waals surface area contributed by atoms with Gasteiger partial charge in [0.05, 0.1) is 14.2 Å². The fraction of sp³-hybridized carbons (Fsp3) is 0.455. The van der Waals surface area contributed by atoms with Crippen molar-refractivity contribution >= 4 is 11.8 Å². The molecule has 3 nitrogen and oxygen atoms in total. The Morgan fingerprint density at radius 3 is 2.33 bits per heavy atom. The van der Waals surface area contributed by atoms with Gasteiger partial charge in [-0.15, -0.1) is 0 Å². The van der Waals surface area contributed by atoms with Gasteiger partial charge in [-0.05, 0) is 41.5 Å². The molecule has 1 aliphatic rings. The summed E-state index contributed by atoms with van der Waals surface area (Å²) >= 11 is 5.97. The van der Waals surface area contributed by atoms with Crippen molar-refractivity contribution < 1.29 is 9.47 Å². The topological polar surface area (TPSA) is 21.7 Å². The van der Waals surface area contributed by atoms with E-state index in [0.717, 1.165) is 31.0 Å². The van der Waals surface area contributed by atoms with Gasteiger partial charge in [-0.3, -0.25) is 0 Å². The molecule has 0 fully saturated rings. The molecule has 0 bridgehead atoms. The average molecular weight is 228 g/mol. The average Bonchev–Trinajstić information content (AvgIpc) is 2.27. The van der Waals surface area contributed by atoms with Crippen molar-refractivity contribution in [1.29, 1.82) is 0 Å². The van der Waals surface area contributed by atoms with Crippen LogP contribution >= 0.6 is 11.8 Å². The largest absolute Gasteiger partial charge is 0.493 e. The van der Waals surface area contributed by atoms with Crippen molar-refractivity contribution in [2.45, 2.75) is 13.0 Å². The van der Waals surface area contributed by atoms with Crippen molar-refractivity contribution in [3.8, 4) is 11.5 Å². The minimum Gasteiger partial charge on any atom is -0.493 e. The van der Waals surface area contributed by atoms with Crippen LogP contribution in [0.15, 0.2) is 12.1 Å². The first-order valence-electron chi connectivity index (χ1n) is 4.89. The molecular formula is C11H14ClNO2. The van der Waals surface area contributed by atoms with Crippen molar-refractivity contribution in [3.05, 3.63) is 23.3 Å². The molecule has 15 heavy (non-hydrogen) atoms. The summed E-state index contributed by atoms with van der Waals surface area (Å²) in [7, 11) is 3.30. The molecule has 0 atom stereocenters. The van der Waals surface area contributed by atoms with Gasteiger partial charge in [0.15, 0.2) is 11.5 Å². The van der Waals surface area contributed by atoms with Crippen LogP contribution in [0.1, 0.15) is 11.1 Å². The molecule has 0 saturated heterocycles. The number of methoxy groups -OCH3 is 2. The van der Waals surface area contributed by atoms with Crippen molar-refractivity contribution in [1.82, 2.24) is 4.42 Å². The van der Waals surface area contributed by atoms with E-state index in [-0.39, 0.29) is 0 Å². The summed E-state index contributed by atoms with van der Waals surface area (Å²) in [5.74, 6) is 1.56. The highest BCUT2D eigenvalue weighted by atomic mass is 35.5. The minimum atomic E-state index is 0.761. The first-order chi connectivity index (χ1) is 7.24. The molecule has 0 aliphatic carbocycles. The standard InChI is InChI=1S/C11H14ClNO2/c1-14-10-5-8-3-4-13(12)7-9(8)6-11(10)15-2/h5-6H,3-4,7H2,1-2H3. The van der Waals surface area contributed by atoms with Gasteiger partial charge < -0.3 is 9.47 Å². The number of nitrogens with zero attached hydrogens (tertiary/aromatic N) is 1. The zero-order chi connectivity index (χ0) is 10.8. The van der Waals surface area contributed by atoms with Crippen LogP contribution in [0.25, 0.3) is 0 Å². The SMILES string of the molecule is COc1cc2c(cc1OC)CN(Cl)CC2. The Morgan fingerprint density at radius 2 is 1.73 bits per heavy atom. The lowest BCUT2D eigenvalue weighted by Crippen LogP contribution is -2.22. The van der Waals surface area contributed by atoms with Crippen LogP contribution in [0, 0.1) is 0 Å². The molecule has 0 N–H and O–H groups in total. The number of hydrogen-bond acceptors (Lipinski definition) is 3. The summed E-state index contributed by atoms with van der Waals surface area (Å²) in [6, 6.07) is 4.04. The predicted octanol–water partition coefficient (Wildman–Crippen LogP) is 2.22. The van der Waals surface area contributed by atoms with E-state index in [9.17, 15) is 0 Å². The van der Waals surface area contributed by atoms with E-state index in [1.54, 1.807) is 18.6 Å². The van der Waals surface area contributed by atoms with E-state index in [0.29, 0.717) is 0 Å². The van der Waals surface area contributed by atoms with E-state index in [4.69, 9.17) is 21.3 Å². The third-order valence-corrected chi connectivity index (χ3v) is 2.96. The summed E-state index contributed by atoms with van der Waals surface area (Å²) in [4.78, 5) is 0. The highest BCUT2D eigenvalue weighted by molar-refractivity contribution is 6.13. The Morgan fingerprint density at radius 1 is 1.13 bits per heavy atom. The second-order valence-electron chi connectivity index (χ2n) is 3.57. The third kappa shape index (κ3) is 2.03. The first kappa shape index (κ1) is 10.6. The number of hydrogen-bond donors (Lipinski definition) is 0. The quantitative estimate of drug-likeness (QED) is 0.724. The minimum absolute atomic E-state index is 0.761. The molecule has 0 saturated carbocycles. The Balaban J connectivity index is 2.41. The molecule has 1 aliphatic heterocycles. The summed E-state index contributed by atoms with van der Waals surface area (Å²) in [5, 5.41) is 0. The summed E-state index contributed by atoms with van der Waals surface area (Å²) in [6.45, 7) is 1.64. The lowest BCUT2D eigenvalue weighted by atomic mass is 10.0. The Kier molecular flexibility index (Phi) is 3.03. The number of halogens is 1. The van der Waals surface area contributed by atoms with Gasteiger partial charge in [-0.2, -0.15) is 0 Å². The van der Waals surface area contributed by atoms with E-state index >= 15 is 0 Å². The molecule has 0 aromatic heterocycles. The van der Waals surface area contributed by atoms with E-state index in [1.807, 2.05) is 12.1 Å². The second kappa shape index (κ2) is 4.29. The Labute approximate surface area is 94.7 Å². The fourth-order valence-corrected chi connectivity index (χ4v) is 2.06. The molecule has 82 valence electrons. The summed E-state index contributed by atoms with van der Waals surface area (Å²) < 4.78 is 12.3. The molecule has 0 spiro atoms. The smallest absolute Gasteiger partial charge is 0.161 e. The first-order valence-corrected chi connectivity index (χ1v) is 5.23. The van der Waals surface area contributed by atoms with Crippen LogP contribution in [0.3, 0.4) is 0 Å². The fourth-order valence-electron chi connectivity index (χ4n) is 1.85. The van der Waals surface area contributed by atoms with Gasteiger partial charge in [0.2, 0.25) is 0 Å². The maximum Gasteiger partial charge on any atom is 0.161 e. The molecule has 0 unspecified atom stereocenters. The molecule has 1 aromatic rings. The number of ether oxygens (including phenoxy) is 2. The number of benzene rings is 1. The van der Waals surface area contributed by atoms with Gasteiger partial charge in [0.25, 0.3) is 0 Å². The maximum atomic E-state index is 5.97. The highest BCUT2D eigenvalue weighted by Gasteiger charge is 2.17. The highest BCUT2D eigenvalue weighted by Crippen LogP contribution is 2.33. The van der Waals surface area contributed by atoms with E-state index < -0.39 is 0 Å². The van der Waals surface area contributed by atoms with Gasteiger partial charge >= 0.3 is 0 Å². The lowest BCUT2D eigenvalue weighted by molar-refractivity contribution is 0.350. The third-order valence-electron chi connectivity index (χ3n) is 2.67. The van der Waals surface area contributed by atoms with Gasteiger partial charge in [-0.1, -0.05) is 0 Å². The number of fused-ring (bicyclic) bond motifs is 1. The van der Waals surface area contributed by atoms with Crippen LogP contribution in [-0.2, 0) is 13.0 Å². The van der Waals surface area contributed by atoms with Crippen molar-refractivity contribution in [2.75, 3.05) is 20.8 Å². The van der Waals surface area contributed by atoms with Crippen molar-refractivity contribution in [3.63, 3.8) is 0 Å². The monoisotopic (exact) mass is 227 g/mol. The Bertz CT molecular complexity index is 368. The molecule has 2 rings (SSSR count). The molecule has 0 amide bonds. The van der Waals surface area contributed by atoms with E-state index in [1.165, 1.54) is 11.1 Å². The zero-order valence-electron chi connectivity index (χ0n) is 8.92. The van der Waals surface area contributed by atoms with Gasteiger partial charge in [-0.25, -0.2) is 4.42 Å². The van der Waals surface area contributed by atoms with Crippen LogP contribution < -0.4 is 9.47 Å². The lowest BCUT2D eigenvalue weighted by Gasteiger charge is -2.23. The predicted molar refractivity (Wildman–Crippen MR) is 59.5 cm³/mol. The van der Waals surface area contributed by atoms with Crippen molar-refractivity contribution in [2.24, 2.45) is 0 Å². The van der Waals surface area contributed by atoms with Gasteiger partial charge in [0, 0.05) is 13.1 Å². The second-order valence-corrected chi connectivity index (χ2v) is 4.05. The van der Waals surface area contributed by atoms with Gasteiger partial charge in [0.1, 0.15) is 0 Å². The summed E-state index contributed by atoms with van der Waals surface area (Å²) in [5.41, 5.74) is 2.51. The zero-order valence-corrected chi connectivity index (χ0v) is 9.67. The van der Waals surface area contributed by atoms with Crippen LogP contribution in [0.2, 0.25) is 0 Å². The molecule has 1 aromatic carbocycles. The summed E-state index contributed by atoms with van der Waals surface area (Å²) in [6.07, 6.45) is 0.958. The van der Waals surface area contributed by atoms with E-state index in [2.05, 4.69) is 0 Å². The van der Waals surface area contributed by atoms with Crippen LogP contribution in [0.5, 0.6) is 11.5 Å². The molecule has 0 radical (unpaired) electrons. The normalized spacial score (nSPS) is 15.9. The molecule has 4 heteroatoms. The van der Waals surface area contributed by atoms with Crippen LogP contribution in [-0.4, -0.2) is 25.2 Å². The maximum absolute atomic E-state index is 5.97.